The fourth-order valence-electron chi connectivity index (χ4n) is 5.65. The lowest BCUT2D eigenvalue weighted by atomic mass is 9.83. The number of nitrogens with two attached hydrogens (primary N) is 1. The minimum absolute atomic E-state index is 0.162. The zero-order chi connectivity index (χ0) is 27.1. The van der Waals surface area contributed by atoms with Crippen molar-refractivity contribution in [2.24, 2.45) is 5.73 Å². The van der Waals surface area contributed by atoms with Gasteiger partial charge in [0.15, 0.2) is 5.60 Å². The Balaban J connectivity index is 1.40. The van der Waals surface area contributed by atoms with Crippen molar-refractivity contribution in [1.82, 2.24) is 14.7 Å². The first-order valence-electron chi connectivity index (χ1n) is 12.7. The number of aromatic nitrogens is 2. The Morgan fingerprint density at radius 3 is 2.74 bits per heavy atom. The Bertz CT molecular complexity index is 1600. The maximum atomic E-state index is 14.3. The van der Waals surface area contributed by atoms with Gasteiger partial charge in [-0.25, -0.2) is 4.79 Å². The maximum Gasteiger partial charge on any atom is 0.412 e. The summed E-state index contributed by atoms with van der Waals surface area (Å²) in [5.41, 5.74) is 7.84. The standard InChI is InChI=1S/C29H26ClN5O4/c30-21-9-10-23-22(15-21)29(39-28(38)33-23)11-4-12-34(17-29)27(37)25(13-18-5-2-1-3-6-18)35-24-14-19(26(31)36)7-8-20(24)16-32-35/h1-3,5-10,14-16,25H,4,11-13,17H2,(H2,31,36)(H,33,38)/t25-,29-/m0/s1. The highest BCUT2D eigenvalue weighted by atomic mass is 35.5. The number of halogens is 1. The topological polar surface area (TPSA) is 120 Å². The highest BCUT2D eigenvalue weighted by Crippen LogP contribution is 2.43. The van der Waals surface area contributed by atoms with Crippen LogP contribution in [-0.4, -0.2) is 45.7 Å². The van der Waals surface area contributed by atoms with Gasteiger partial charge in [-0.2, -0.15) is 5.10 Å². The smallest absolute Gasteiger partial charge is 0.412 e. The maximum absolute atomic E-state index is 14.3. The summed E-state index contributed by atoms with van der Waals surface area (Å²) < 4.78 is 7.57. The highest BCUT2D eigenvalue weighted by Gasteiger charge is 2.47. The third-order valence-corrected chi connectivity index (χ3v) is 7.73. The Morgan fingerprint density at radius 2 is 1.95 bits per heavy atom. The van der Waals surface area contributed by atoms with Gasteiger partial charge in [-0.3, -0.25) is 19.6 Å². The van der Waals surface area contributed by atoms with Gasteiger partial charge in [-0.1, -0.05) is 48.0 Å². The molecule has 10 heteroatoms. The molecule has 0 aliphatic carbocycles. The second-order valence-electron chi connectivity index (χ2n) is 9.99. The monoisotopic (exact) mass is 543 g/mol. The molecule has 1 aromatic heterocycles. The molecule has 0 bridgehead atoms. The third-order valence-electron chi connectivity index (χ3n) is 7.50. The molecule has 2 aliphatic rings. The fraction of sp³-hybridized carbons (Fsp3) is 0.241. The molecule has 4 aromatic rings. The van der Waals surface area contributed by atoms with Gasteiger partial charge < -0.3 is 15.4 Å². The van der Waals surface area contributed by atoms with E-state index in [2.05, 4.69) is 10.4 Å². The number of benzene rings is 3. The van der Waals surface area contributed by atoms with E-state index in [1.807, 2.05) is 30.3 Å². The summed E-state index contributed by atoms with van der Waals surface area (Å²) >= 11 is 6.32. The molecule has 3 aromatic carbocycles. The predicted octanol–water partition coefficient (Wildman–Crippen LogP) is 4.65. The van der Waals surface area contributed by atoms with E-state index in [9.17, 15) is 14.4 Å². The van der Waals surface area contributed by atoms with Crippen molar-refractivity contribution in [1.29, 1.82) is 0 Å². The van der Waals surface area contributed by atoms with Crippen LogP contribution < -0.4 is 11.1 Å². The molecule has 198 valence electrons. The van der Waals surface area contributed by atoms with E-state index in [-0.39, 0.29) is 12.5 Å². The van der Waals surface area contributed by atoms with E-state index in [1.54, 1.807) is 52.2 Å². The Morgan fingerprint density at radius 1 is 1.13 bits per heavy atom. The first-order valence-corrected chi connectivity index (χ1v) is 13.1. The molecule has 9 nitrogen and oxygen atoms in total. The first-order chi connectivity index (χ1) is 18.8. The summed E-state index contributed by atoms with van der Waals surface area (Å²) in [6, 6.07) is 19.3. The first kappa shape index (κ1) is 24.9. The van der Waals surface area contributed by atoms with Crippen molar-refractivity contribution >= 4 is 46.1 Å². The number of carbonyl (C=O) groups is 3. The minimum atomic E-state index is -1.01. The van der Waals surface area contributed by atoms with E-state index in [0.29, 0.717) is 47.6 Å². The van der Waals surface area contributed by atoms with Gasteiger partial charge in [0, 0.05) is 34.5 Å². The number of rotatable bonds is 5. The summed E-state index contributed by atoms with van der Waals surface area (Å²) in [5, 5.41) is 8.62. The van der Waals surface area contributed by atoms with E-state index < -0.39 is 23.6 Å². The summed E-state index contributed by atoms with van der Waals surface area (Å²) in [6.45, 7) is 0.683. The van der Waals surface area contributed by atoms with Crippen molar-refractivity contribution in [2.45, 2.75) is 30.9 Å². The predicted molar refractivity (Wildman–Crippen MR) is 146 cm³/mol. The molecule has 3 N–H and O–H groups in total. The summed E-state index contributed by atoms with van der Waals surface area (Å²) in [4.78, 5) is 40.5. The number of piperidine rings is 1. The van der Waals surface area contributed by atoms with E-state index >= 15 is 0 Å². The summed E-state index contributed by atoms with van der Waals surface area (Å²) in [5.74, 6) is -0.718. The van der Waals surface area contributed by atoms with Crippen molar-refractivity contribution in [2.75, 3.05) is 18.4 Å². The number of hydrogen-bond acceptors (Lipinski definition) is 5. The summed E-state index contributed by atoms with van der Waals surface area (Å²) in [7, 11) is 0. The molecule has 2 aliphatic heterocycles. The number of amides is 3. The highest BCUT2D eigenvalue weighted by molar-refractivity contribution is 6.30. The van der Waals surface area contributed by atoms with Crippen LogP contribution in [0.25, 0.3) is 10.9 Å². The molecule has 1 spiro atoms. The van der Waals surface area contributed by atoms with E-state index in [1.165, 1.54) is 0 Å². The molecule has 0 unspecified atom stereocenters. The van der Waals surface area contributed by atoms with Crippen LogP contribution in [0.5, 0.6) is 0 Å². The van der Waals surface area contributed by atoms with Crippen LogP contribution in [0.3, 0.4) is 0 Å². The zero-order valence-electron chi connectivity index (χ0n) is 21.0. The van der Waals surface area contributed by atoms with Crippen LogP contribution in [-0.2, 0) is 21.6 Å². The Labute approximate surface area is 229 Å². The Hall–Kier alpha value is -4.37. The van der Waals surface area contributed by atoms with Gasteiger partial charge in [-0.15, -0.1) is 0 Å². The van der Waals surface area contributed by atoms with Crippen LogP contribution in [0.2, 0.25) is 5.02 Å². The fourth-order valence-corrected chi connectivity index (χ4v) is 5.82. The van der Waals surface area contributed by atoms with Gasteiger partial charge in [-0.05, 0) is 48.7 Å². The molecule has 2 atom stereocenters. The van der Waals surface area contributed by atoms with Gasteiger partial charge in [0.1, 0.15) is 6.04 Å². The van der Waals surface area contributed by atoms with Crippen LogP contribution in [0.1, 0.15) is 40.4 Å². The molecule has 1 saturated heterocycles. The quantitative estimate of drug-likeness (QED) is 0.379. The number of anilines is 1. The molecular weight excluding hydrogens is 518 g/mol. The van der Waals surface area contributed by atoms with Crippen LogP contribution in [0.4, 0.5) is 10.5 Å². The molecule has 3 heterocycles. The van der Waals surface area contributed by atoms with Crippen LogP contribution >= 0.6 is 11.6 Å². The van der Waals surface area contributed by atoms with Gasteiger partial charge in [0.05, 0.1) is 23.9 Å². The number of likely N-dealkylation sites (tertiary alicyclic amines) is 1. The van der Waals surface area contributed by atoms with Gasteiger partial charge in [0.2, 0.25) is 11.8 Å². The van der Waals surface area contributed by atoms with E-state index in [0.717, 1.165) is 16.5 Å². The number of nitrogens with one attached hydrogen (secondary N) is 1. The molecule has 0 saturated carbocycles. The van der Waals surface area contributed by atoms with Crippen molar-refractivity contribution in [3.63, 3.8) is 0 Å². The number of primary amides is 1. The Kier molecular flexibility index (Phi) is 6.23. The normalized spacial score (nSPS) is 19.3. The molecule has 0 radical (unpaired) electrons. The lowest BCUT2D eigenvalue weighted by Gasteiger charge is -2.45. The molecule has 39 heavy (non-hydrogen) atoms. The van der Waals surface area contributed by atoms with Crippen molar-refractivity contribution in [3.05, 3.63) is 94.6 Å². The number of carbonyl (C=O) groups excluding carboxylic acids is 3. The third kappa shape index (κ3) is 4.59. The second kappa shape index (κ2) is 9.74. The van der Waals surface area contributed by atoms with Crippen molar-refractivity contribution < 1.29 is 19.1 Å². The second-order valence-corrected chi connectivity index (χ2v) is 10.4. The number of fused-ring (bicyclic) bond motifs is 3. The van der Waals surface area contributed by atoms with Gasteiger partial charge >= 0.3 is 6.09 Å². The average Bonchev–Trinajstić information content (AvgIpc) is 3.35. The minimum Gasteiger partial charge on any atom is -0.436 e. The molecular formula is C29H26ClN5O4. The number of hydrogen-bond donors (Lipinski definition) is 2. The lowest BCUT2D eigenvalue weighted by molar-refractivity contribution is -0.142. The van der Waals surface area contributed by atoms with E-state index in [4.69, 9.17) is 22.1 Å². The van der Waals surface area contributed by atoms with Crippen LogP contribution in [0.15, 0.2) is 72.9 Å². The number of ether oxygens (including phenoxy) is 1. The number of nitrogens with zero attached hydrogens (tertiary/aromatic N) is 3. The summed E-state index contributed by atoms with van der Waals surface area (Å²) in [6.07, 6.45) is 2.69. The van der Waals surface area contributed by atoms with Gasteiger partial charge in [0.25, 0.3) is 0 Å². The lowest BCUT2D eigenvalue weighted by Crippen LogP contribution is -2.54. The molecule has 1 fully saturated rings. The zero-order valence-corrected chi connectivity index (χ0v) is 21.7. The SMILES string of the molecule is NC(=O)c1ccc2cnn([C@@H](Cc3ccccc3)C(=O)N3CCC[C@@]4(C3)OC(=O)Nc3ccc(Cl)cc34)c2c1. The largest absolute Gasteiger partial charge is 0.436 e. The molecule has 6 rings (SSSR count). The van der Waals surface area contributed by atoms with Crippen LogP contribution in [0, 0.1) is 0 Å². The average molecular weight is 544 g/mol. The molecule has 3 amide bonds. The van der Waals surface area contributed by atoms with Crippen molar-refractivity contribution in [3.8, 4) is 0 Å².